The molecule has 2 amide bonds. The minimum absolute atomic E-state index is 0.0609. The molecule has 7 heteroatoms. The highest BCUT2D eigenvalue weighted by atomic mass is 19.2. The van der Waals surface area contributed by atoms with Gasteiger partial charge in [-0.3, -0.25) is 0 Å². The highest BCUT2D eigenvalue weighted by molar-refractivity contribution is 5.74. The summed E-state index contributed by atoms with van der Waals surface area (Å²) in [7, 11) is 0. The molecular formula is C16H23F2N3O2. The van der Waals surface area contributed by atoms with Crippen LogP contribution in [-0.2, 0) is 0 Å². The lowest BCUT2D eigenvalue weighted by Gasteiger charge is -2.22. The Kier molecular flexibility index (Phi) is 6.15. The number of carbonyl (C=O) groups is 1. The van der Waals surface area contributed by atoms with E-state index in [1.165, 1.54) is 6.07 Å². The van der Waals surface area contributed by atoms with Gasteiger partial charge >= 0.3 is 6.03 Å². The number of amides is 2. The Bertz CT molecular complexity index is 542. The molecule has 2 rings (SSSR count). The fourth-order valence-corrected chi connectivity index (χ4v) is 2.78. The van der Waals surface area contributed by atoms with E-state index >= 15 is 0 Å². The minimum atomic E-state index is -0.847. The molecule has 1 unspecified atom stereocenters. The van der Waals surface area contributed by atoms with Crippen LogP contribution in [0.4, 0.5) is 19.3 Å². The Morgan fingerprint density at radius 2 is 2.22 bits per heavy atom. The highest BCUT2D eigenvalue weighted by Gasteiger charge is 2.24. The highest BCUT2D eigenvalue weighted by Crippen LogP contribution is 2.25. The molecule has 0 saturated carbocycles. The number of carbonyl (C=O) groups excluding carboxylic acids is 1. The molecule has 1 heterocycles. The van der Waals surface area contributed by atoms with Gasteiger partial charge in [0.25, 0.3) is 0 Å². The molecule has 1 aliphatic heterocycles. The van der Waals surface area contributed by atoms with E-state index in [-0.39, 0.29) is 18.6 Å². The zero-order valence-corrected chi connectivity index (χ0v) is 13.3. The standard InChI is InChI=1S/C16H23F2N3O2/c1-2-20(7-8-22)16(23)19-10-12-5-6-21(11-12)13-3-4-14(17)15(18)9-13/h3-4,9,12,22H,2,5-8,10-11H2,1H3,(H,19,23). The molecule has 1 aliphatic rings. The molecule has 1 atom stereocenters. The first-order valence-electron chi connectivity index (χ1n) is 7.88. The van der Waals surface area contributed by atoms with Crippen LogP contribution in [0, 0.1) is 17.6 Å². The van der Waals surface area contributed by atoms with E-state index in [0.29, 0.717) is 31.9 Å². The number of hydrogen-bond acceptors (Lipinski definition) is 3. The van der Waals surface area contributed by atoms with Crippen molar-refractivity contribution in [1.82, 2.24) is 10.2 Å². The van der Waals surface area contributed by atoms with Crippen LogP contribution in [0.15, 0.2) is 18.2 Å². The largest absolute Gasteiger partial charge is 0.395 e. The number of benzene rings is 1. The SMILES string of the molecule is CCN(CCO)C(=O)NCC1CCN(c2ccc(F)c(F)c2)C1. The molecule has 1 fully saturated rings. The molecular weight excluding hydrogens is 304 g/mol. The Balaban J connectivity index is 1.83. The number of urea groups is 1. The van der Waals surface area contributed by atoms with Crippen molar-refractivity contribution in [3.05, 3.63) is 29.8 Å². The van der Waals surface area contributed by atoms with E-state index in [1.807, 2.05) is 11.8 Å². The topological polar surface area (TPSA) is 55.8 Å². The predicted molar refractivity (Wildman–Crippen MR) is 84.4 cm³/mol. The molecule has 1 aromatic rings. The zero-order chi connectivity index (χ0) is 16.8. The first kappa shape index (κ1) is 17.5. The molecule has 0 radical (unpaired) electrons. The summed E-state index contributed by atoms with van der Waals surface area (Å²) >= 11 is 0. The summed E-state index contributed by atoms with van der Waals surface area (Å²) < 4.78 is 26.3. The van der Waals surface area contributed by atoms with E-state index in [0.717, 1.165) is 19.0 Å². The Hall–Kier alpha value is -1.89. The maximum Gasteiger partial charge on any atom is 0.317 e. The number of aliphatic hydroxyl groups is 1. The second-order valence-electron chi connectivity index (χ2n) is 5.69. The summed E-state index contributed by atoms with van der Waals surface area (Å²) in [5, 5.41) is 11.8. The van der Waals surface area contributed by atoms with Gasteiger partial charge in [-0.05, 0) is 31.4 Å². The van der Waals surface area contributed by atoms with E-state index in [4.69, 9.17) is 5.11 Å². The van der Waals surface area contributed by atoms with Crippen molar-refractivity contribution in [2.24, 2.45) is 5.92 Å². The summed E-state index contributed by atoms with van der Waals surface area (Å²) in [4.78, 5) is 15.5. The summed E-state index contributed by atoms with van der Waals surface area (Å²) in [5.41, 5.74) is 0.660. The quantitative estimate of drug-likeness (QED) is 0.838. The van der Waals surface area contributed by atoms with Gasteiger partial charge in [-0.1, -0.05) is 0 Å². The van der Waals surface area contributed by atoms with Crippen LogP contribution in [0.2, 0.25) is 0 Å². The average molecular weight is 327 g/mol. The zero-order valence-electron chi connectivity index (χ0n) is 13.3. The minimum Gasteiger partial charge on any atom is -0.395 e. The van der Waals surface area contributed by atoms with Gasteiger partial charge in [0.1, 0.15) is 0 Å². The molecule has 1 saturated heterocycles. The maximum atomic E-state index is 13.3. The van der Waals surface area contributed by atoms with Crippen molar-refractivity contribution in [3.8, 4) is 0 Å². The molecule has 128 valence electrons. The van der Waals surface area contributed by atoms with Crippen LogP contribution in [0.5, 0.6) is 0 Å². The first-order chi connectivity index (χ1) is 11.0. The molecule has 2 N–H and O–H groups in total. The second kappa shape index (κ2) is 8.10. The summed E-state index contributed by atoms with van der Waals surface area (Å²) in [6.07, 6.45) is 0.880. The van der Waals surface area contributed by atoms with Crippen LogP contribution in [0.25, 0.3) is 0 Å². The third-order valence-corrected chi connectivity index (χ3v) is 4.13. The predicted octanol–water partition coefficient (Wildman–Crippen LogP) is 1.81. The fourth-order valence-electron chi connectivity index (χ4n) is 2.78. The second-order valence-corrected chi connectivity index (χ2v) is 5.69. The molecule has 1 aromatic carbocycles. The molecule has 5 nitrogen and oxygen atoms in total. The summed E-state index contributed by atoms with van der Waals surface area (Å²) in [6.45, 7) is 4.62. The van der Waals surface area contributed by atoms with Gasteiger partial charge < -0.3 is 20.2 Å². The van der Waals surface area contributed by atoms with Gasteiger partial charge in [0.2, 0.25) is 0 Å². The average Bonchev–Trinajstić information content (AvgIpc) is 3.02. The molecule has 0 aliphatic carbocycles. The number of anilines is 1. The van der Waals surface area contributed by atoms with Crippen LogP contribution >= 0.6 is 0 Å². The van der Waals surface area contributed by atoms with Crippen molar-refractivity contribution in [2.45, 2.75) is 13.3 Å². The van der Waals surface area contributed by atoms with Gasteiger partial charge in [-0.25, -0.2) is 13.6 Å². The van der Waals surface area contributed by atoms with E-state index in [1.54, 1.807) is 11.0 Å². The number of hydrogen-bond donors (Lipinski definition) is 2. The van der Waals surface area contributed by atoms with Gasteiger partial charge in [0.05, 0.1) is 6.61 Å². The van der Waals surface area contributed by atoms with E-state index in [9.17, 15) is 13.6 Å². The normalized spacial score (nSPS) is 17.4. The Morgan fingerprint density at radius 3 is 2.87 bits per heavy atom. The van der Waals surface area contributed by atoms with Crippen LogP contribution in [0.3, 0.4) is 0 Å². The van der Waals surface area contributed by atoms with Crippen molar-refractivity contribution in [2.75, 3.05) is 44.2 Å². The van der Waals surface area contributed by atoms with Crippen LogP contribution in [0.1, 0.15) is 13.3 Å². The lowest BCUT2D eigenvalue weighted by molar-refractivity contribution is 0.179. The number of nitrogens with one attached hydrogen (secondary N) is 1. The number of likely N-dealkylation sites (N-methyl/N-ethyl adjacent to an activating group) is 1. The third kappa shape index (κ3) is 4.54. The van der Waals surface area contributed by atoms with Gasteiger partial charge in [-0.2, -0.15) is 0 Å². The Morgan fingerprint density at radius 1 is 1.43 bits per heavy atom. The number of nitrogens with zero attached hydrogens (tertiary/aromatic N) is 2. The summed E-state index contributed by atoms with van der Waals surface area (Å²) in [5.74, 6) is -1.43. The first-order valence-corrected chi connectivity index (χ1v) is 7.88. The van der Waals surface area contributed by atoms with Crippen molar-refractivity contribution in [3.63, 3.8) is 0 Å². The van der Waals surface area contributed by atoms with Crippen molar-refractivity contribution < 1.29 is 18.7 Å². The molecule has 0 aromatic heterocycles. The smallest absolute Gasteiger partial charge is 0.317 e. The molecule has 0 spiro atoms. The number of rotatable bonds is 6. The van der Waals surface area contributed by atoms with E-state index in [2.05, 4.69) is 5.32 Å². The van der Waals surface area contributed by atoms with Crippen LogP contribution < -0.4 is 10.2 Å². The molecule has 23 heavy (non-hydrogen) atoms. The van der Waals surface area contributed by atoms with Gasteiger partial charge in [-0.15, -0.1) is 0 Å². The van der Waals surface area contributed by atoms with Crippen LogP contribution in [-0.4, -0.2) is 55.4 Å². The molecule has 0 bridgehead atoms. The lowest BCUT2D eigenvalue weighted by Crippen LogP contribution is -2.43. The van der Waals surface area contributed by atoms with E-state index < -0.39 is 11.6 Å². The summed E-state index contributed by atoms with van der Waals surface area (Å²) in [6, 6.07) is 3.72. The fraction of sp³-hybridized carbons (Fsp3) is 0.562. The monoisotopic (exact) mass is 327 g/mol. The third-order valence-electron chi connectivity index (χ3n) is 4.13. The van der Waals surface area contributed by atoms with Gasteiger partial charge in [0, 0.05) is 44.5 Å². The van der Waals surface area contributed by atoms with Crippen molar-refractivity contribution in [1.29, 1.82) is 0 Å². The van der Waals surface area contributed by atoms with Gasteiger partial charge in [0.15, 0.2) is 11.6 Å². The lowest BCUT2D eigenvalue weighted by atomic mass is 10.1. The van der Waals surface area contributed by atoms with Crippen molar-refractivity contribution >= 4 is 11.7 Å². The Labute approximate surface area is 134 Å². The maximum absolute atomic E-state index is 13.3. The number of aliphatic hydroxyl groups excluding tert-OH is 1. The number of halogens is 2.